The largest absolute Gasteiger partial charge is 0.484 e. The van der Waals surface area contributed by atoms with Crippen molar-refractivity contribution >= 4 is 18.0 Å². The summed E-state index contributed by atoms with van der Waals surface area (Å²) >= 11 is 0. The number of hydrogen-bond donors (Lipinski definition) is 3. The second kappa shape index (κ2) is 11.0. The van der Waals surface area contributed by atoms with Gasteiger partial charge in [0, 0.05) is 32.7 Å². The monoisotopic (exact) mass is 391 g/mol. The molecule has 1 aromatic rings. The Morgan fingerprint density at radius 1 is 1.32 bits per heavy atom. The molecule has 0 saturated carbocycles. The summed E-state index contributed by atoms with van der Waals surface area (Å²) in [5.74, 6) is 0.771. The van der Waals surface area contributed by atoms with Crippen LogP contribution in [0.3, 0.4) is 0 Å². The molecule has 0 atom stereocenters. The second-order valence-electron chi connectivity index (χ2n) is 6.43. The van der Waals surface area contributed by atoms with Gasteiger partial charge in [0.05, 0.1) is 6.61 Å². The first-order valence-corrected chi connectivity index (χ1v) is 9.40. The highest BCUT2D eigenvalue weighted by Gasteiger charge is 2.24. The Kier molecular flexibility index (Phi) is 8.38. The number of nitrogens with one attached hydrogen (secondary N) is 2. The highest BCUT2D eigenvalue weighted by atomic mass is 16.6. The van der Waals surface area contributed by atoms with E-state index in [0.717, 1.165) is 18.4 Å². The van der Waals surface area contributed by atoms with Gasteiger partial charge in [0.15, 0.2) is 12.6 Å². The fourth-order valence-corrected chi connectivity index (χ4v) is 2.89. The summed E-state index contributed by atoms with van der Waals surface area (Å²) in [4.78, 5) is 28.6. The Labute approximate surface area is 165 Å². The molecular formula is C19H29N5O4. The van der Waals surface area contributed by atoms with Crippen molar-refractivity contribution < 1.29 is 19.1 Å². The van der Waals surface area contributed by atoms with Crippen LogP contribution in [0.5, 0.6) is 5.75 Å². The van der Waals surface area contributed by atoms with Gasteiger partial charge in [0.1, 0.15) is 5.75 Å². The number of likely N-dealkylation sites (tertiary alicyclic amines) is 1. The van der Waals surface area contributed by atoms with Crippen molar-refractivity contribution in [2.75, 3.05) is 33.4 Å². The van der Waals surface area contributed by atoms with Crippen molar-refractivity contribution in [2.24, 2.45) is 10.7 Å². The van der Waals surface area contributed by atoms with Crippen molar-refractivity contribution in [3.8, 4) is 5.75 Å². The molecular weight excluding hydrogens is 362 g/mol. The zero-order chi connectivity index (χ0) is 20.4. The summed E-state index contributed by atoms with van der Waals surface area (Å²) in [6.45, 7) is 3.92. The number of rotatable bonds is 7. The van der Waals surface area contributed by atoms with E-state index in [1.807, 2.05) is 18.2 Å². The van der Waals surface area contributed by atoms with Gasteiger partial charge in [-0.3, -0.25) is 9.79 Å². The third kappa shape index (κ3) is 6.98. The van der Waals surface area contributed by atoms with Gasteiger partial charge in [-0.05, 0) is 37.5 Å². The highest BCUT2D eigenvalue weighted by molar-refractivity contribution is 5.80. The van der Waals surface area contributed by atoms with Crippen LogP contribution in [0.4, 0.5) is 4.79 Å². The summed E-state index contributed by atoms with van der Waals surface area (Å²) in [5, 5.41) is 6.66. The fourth-order valence-electron chi connectivity index (χ4n) is 2.89. The highest BCUT2D eigenvalue weighted by Crippen LogP contribution is 2.14. The Bertz CT molecular complexity index is 687. The third-order valence-corrected chi connectivity index (χ3v) is 4.32. The van der Waals surface area contributed by atoms with Gasteiger partial charge in [-0.25, -0.2) is 4.79 Å². The number of benzene rings is 1. The standard InChI is InChI=1S/C19H29N5O4/c1-3-27-19(26)24-9-7-15(8-10-24)23-18(21-2)22-12-14-5-4-6-16(11-14)28-13-17(20)25/h4-6,11,15H,3,7-10,12-13H2,1-2H3,(H2,20,25)(H2,21,22,23). The summed E-state index contributed by atoms with van der Waals surface area (Å²) in [6, 6.07) is 7.67. The molecule has 2 rings (SSSR count). The smallest absolute Gasteiger partial charge is 0.409 e. The Morgan fingerprint density at radius 3 is 2.71 bits per heavy atom. The minimum Gasteiger partial charge on any atom is -0.484 e. The predicted molar refractivity (Wildman–Crippen MR) is 106 cm³/mol. The molecule has 28 heavy (non-hydrogen) atoms. The summed E-state index contributed by atoms with van der Waals surface area (Å²) in [7, 11) is 1.72. The first-order chi connectivity index (χ1) is 13.5. The molecule has 0 aromatic heterocycles. The predicted octanol–water partition coefficient (Wildman–Crippen LogP) is 0.837. The molecule has 1 aliphatic heterocycles. The minimum atomic E-state index is -0.512. The third-order valence-electron chi connectivity index (χ3n) is 4.32. The van der Waals surface area contributed by atoms with E-state index in [2.05, 4.69) is 15.6 Å². The average molecular weight is 391 g/mol. The number of carbonyl (C=O) groups is 2. The summed E-state index contributed by atoms with van der Waals surface area (Å²) < 4.78 is 10.4. The lowest BCUT2D eigenvalue weighted by Crippen LogP contribution is -2.49. The lowest BCUT2D eigenvalue weighted by molar-refractivity contribution is -0.119. The van der Waals surface area contributed by atoms with Crippen LogP contribution in [-0.4, -0.2) is 62.3 Å². The van der Waals surface area contributed by atoms with E-state index >= 15 is 0 Å². The molecule has 154 valence electrons. The number of nitrogens with two attached hydrogens (primary N) is 1. The van der Waals surface area contributed by atoms with Crippen LogP contribution >= 0.6 is 0 Å². The molecule has 1 fully saturated rings. The summed E-state index contributed by atoms with van der Waals surface area (Å²) in [5.41, 5.74) is 6.08. The van der Waals surface area contributed by atoms with E-state index in [4.69, 9.17) is 15.2 Å². The molecule has 0 spiro atoms. The topological polar surface area (TPSA) is 118 Å². The van der Waals surface area contributed by atoms with Gasteiger partial charge in [-0.15, -0.1) is 0 Å². The average Bonchev–Trinajstić information content (AvgIpc) is 2.70. The zero-order valence-corrected chi connectivity index (χ0v) is 16.4. The SMILES string of the molecule is CCOC(=O)N1CCC(NC(=NC)NCc2cccc(OCC(N)=O)c2)CC1. The molecule has 9 nitrogen and oxygen atoms in total. The van der Waals surface area contributed by atoms with Crippen LogP contribution < -0.4 is 21.1 Å². The molecule has 2 amide bonds. The quantitative estimate of drug-likeness (QED) is 0.468. The Morgan fingerprint density at radius 2 is 2.07 bits per heavy atom. The molecule has 0 bridgehead atoms. The summed E-state index contributed by atoms with van der Waals surface area (Å²) in [6.07, 6.45) is 1.41. The van der Waals surface area contributed by atoms with Gasteiger partial charge in [-0.1, -0.05) is 12.1 Å². The van der Waals surface area contributed by atoms with Crippen LogP contribution in [0.1, 0.15) is 25.3 Å². The normalized spacial score (nSPS) is 15.1. The maximum atomic E-state index is 11.8. The maximum Gasteiger partial charge on any atom is 0.409 e. The van der Waals surface area contributed by atoms with Crippen molar-refractivity contribution in [3.05, 3.63) is 29.8 Å². The number of hydrogen-bond acceptors (Lipinski definition) is 5. The van der Waals surface area contributed by atoms with Crippen molar-refractivity contribution in [2.45, 2.75) is 32.4 Å². The van der Waals surface area contributed by atoms with Gasteiger partial charge >= 0.3 is 6.09 Å². The van der Waals surface area contributed by atoms with Crippen molar-refractivity contribution in [1.82, 2.24) is 15.5 Å². The van der Waals surface area contributed by atoms with Gasteiger partial charge in [0.2, 0.25) is 0 Å². The number of nitrogens with zero attached hydrogens (tertiary/aromatic N) is 2. The van der Waals surface area contributed by atoms with E-state index in [1.54, 1.807) is 24.9 Å². The number of carbonyl (C=O) groups excluding carboxylic acids is 2. The van der Waals surface area contributed by atoms with Crippen LogP contribution in [0, 0.1) is 0 Å². The zero-order valence-electron chi connectivity index (χ0n) is 16.4. The fraction of sp³-hybridized carbons (Fsp3) is 0.526. The van der Waals surface area contributed by atoms with Gasteiger partial charge in [-0.2, -0.15) is 0 Å². The number of ether oxygens (including phenoxy) is 2. The maximum absolute atomic E-state index is 11.8. The van der Waals surface area contributed by atoms with Gasteiger partial charge < -0.3 is 30.7 Å². The first kappa shape index (κ1) is 21.3. The molecule has 9 heteroatoms. The van der Waals surface area contributed by atoms with Gasteiger partial charge in [0.25, 0.3) is 5.91 Å². The van der Waals surface area contributed by atoms with E-state index < -0.39 is 5.91 Å². The number of amides is 2. The molecule has 0 radical (unpaired) electrons. The molecule has 1 aromatic carbocycles. The number of guanidine groups is 1. The lowest BCUT2D eigenvalue weighted by atomic mass is 10.1. The molecule has 1 heterocycles. The lowest BCUT2D eigenvalue weighted by Gasteiger charge is -2.32. The van der Waals surface area contributed by atoms with E-state index in [0.29, 0.717) is 38.0 Å². The molecule has 0 unspecified atom stereocenters. The van der Waals surface area contributed by atoms with E-state index in [9.17, 15) is 9.59 Å². The van der Waals surface area contributed by atoms with E-state index in [-0.39, 0.29) is 18.7 Å². The van der Waals surface area contributed by atoms with Crippen LogP contribution in [0.2, 0.25) is 0 Å². The van der Waals surface area contributed by atoms with Crippen molar-refractivity contribution in [1.29, 1.82) is 0 Å². The van der Waals surface area contributed by atoms with Crippen LogP contribution in [-0.2, 0) is 16.1 Å². The van der Waals surface area contributed by atoms with Crippen LogP contribution in [0.15, 0.2) is 29.3 Å². The molecule has 0 aliphatic carbocycles. The van der Waals surface area contributed by atoms with E-state index in [1.165, 1.54) is 0 Å². The molecule has 4 N–H and O–H groups in total. The second-order valence-corrected chi connectivity index (χ2v) is 6.43. The molecule has 1 saturated heterocycles. The first-order valence-electron chi connectivity index (χ1n) is 9.40. The Hall–Kier alpha value is -2.97. The number of primary amides is 1. The van der Waals surface area contributed by atoms with Crippen LogP contribution in [0.25, 0.3) is 0 Å². The molecule has 1 aliphatic rings. The minimum absolute atomic E-state index is 0.148. The number of aliphatic imine (C=N–C) groups is 1. The number of piperidine rings is 1. The Balaban J connectivity index is 1.78. The van der Waals surface area contributed by atoms with Crippen molar-refractivity contribution in [3.63, 3.8) is 0 Å².